The van der Waals surface area contributed by atoms with Crippen molar-refractivity contribution in [3.63, 3.8) is 0 Å². The van der Waals surface area contributed by atoms with E-state index in [2.05, 4.69) is 26.2 Å². The third-order valence-electron chi connectivity index (χ3n) is 2.33. The number of hydrogen-bond acceptors (Lipinski definition) is 5. The predicted molar refractivity (Wildman–Crippen MR) is 65.0 cm³/mol. The van der Waals surface area contributed by atoms with Gasteiger partial charge in [0.05, 0.1) is 0 Å². The molecule has 0 atom stereocenters. The molecule has 2 rings (SSSR count). The highest BCUT2D eigenvalue weighted by atomic mass is 79.9. The number of aliphatic hydroxyl groups is 1. The fourth-order valence-electron chi connectivity index (χ4n) is 1.57. The van der Waals surface area contributed by atoms with Gasteiger partial charge in [0.15, 0.2) is 10.4 Å². The first-order valence-electron chi connectivity index (χ1n) is 5.25. The first-order valence-corrected chi connectivity index (χ1v) is 6.04. The lowest BCUT2D eigenvalue weighted by Crippen LogP contribution is -2.05. The molecule has 0 aliphatic carbocycles. The molecule has 3 N–H and O–H groups in total. The van der Waals surface area contributed by atoms with Gasteiger partial charge in [-0.25, -0.2) is 4.68 Å². The monoisotopic (exact) mass is 300 g/mol. The summed E-state index contributed by atoms with van der Waals surface area (Å²) in [7, 11) is 0. The topological polar surface area (TPSA) is 90.1 Å². The molecule has 2 aromatic heterocycles. The normalized spacial score (nSPS) is 11.0. The van der Waals surface area contributed by atoms with Crippen LogP contribution in [0.15, 0.2) is 21.2 Å². The molecule has 0 aromatic carbocycles. The predicted octanol–water partition coefficient (Wildman–Crippen LogP) is 1.14. The van der Waals surface area contributed by atoms with E-state index in [1.54, 1.807) is 10.7 Å². The van der Waals surface area contributed by atoms with Crippen molar-refractivity contribution >= 4 is 15.9 Å². The molecule has 0 radical (unpaired) electrons. The van der Waals surface area contributed by atoms with Crippen molar-refractivity contribution < 1.29 is 9.52 Å². The average molecular weight is 301 g/mol. The van der Waals surface area contributed by atoms with Crippen LogP contribution >= 0.6 is 15.9 Å². The molecule has 0 bridgehead atoms. The molecule has 0 fully saturated rings. The van der Waals surface area contributed by atoms with Crippen molar-refractivity contribution in [2.45, 2.75) is 19.5 Å². The zero-order valence-corrected chi connectivity index (χ0v) is 10.7. The zero-order valence-electron chi connectivity index (χ0n) is 9.14. The van der Waals surface area contributed by atoms with Gasteiger partial charge in [-0.1, -0.05) is 5.21 Å². The van der Waals surface area contributed by atoms with Gasteiger partial charge < -0.3 is 15.3 Å². The standard InChI is InChI=1S/C10H13BrN4O2/c11-9-3-2-8(17-9)10-7(6-12)13-14-15(10)4-1-5-16/h2-3,16H,1,4-6,12H2. The summed E-state index contributed by atoms with van der Waals surface area (Å²) >= 11 is 3.25. The highest BCUT2D eigenvalue weighted by Crippen LogP contribution is 2.26. The van der Waals surface area contributed by atoms with Crippen LogP contribution < -0.4 is 5.73 Å². The fraction of sp³-hybridized carbons (Fsp3) is 0.400. The summed E-state index contributed by atoms with van der Waals surface area (Å²) in [5, 5.41) is 16.9. The van der Waals surface area contributed by atoms with E-state index >= 15 is 0 Å². The summed E-state index contributed by atoms with van der Waals surface area (Å²) in [5.41, 5.74) is 7.07. The molecular weight excluding hydrogens is 288 g/mol. The van der Waals surface area contributed by atoms with Crippen LogP contribution in [0.4, 0.5) is 0 Å². The number of nitrogens with two attached hydrogens (primary N) is 1. The van der Waals surface area contributed by atoms with E-state index in [4.69, 9.17) is 15.3 Å². The van der Waals surface area contributed by atoms with Gasteiger partial charge in [-0.3, -0.25) is 0 Å². The van der Waals surface area contributed by atoms with E-state index in [1.165, 1.54) is 0 Å². The Bertz CT molecular complexity index is 494. The maximum atomic E-state index is 8.84. The van der Waals surface area contributed by atoms with Gasteiger partial charge in [0.25, 0.3) is 0 Å². The number of aromatic nitrogens is 3. The molecule has 7 heteroatoms. The number of rotatable bonds is 5. The molecule has 0 amide bonds. The minimum atomic E-state index is 0.110. The maximum absolute atomic E-state index is 8.84. The van der Waals surface area contributed by atoms with E-state index in [9.17, 15) is 0 Å². The van der Waals surface area contributed by atoms with Gasteiger partial charge in [-0.2, -0.15) is 0 Å². The SMILES string of the molecule is NCc1nnn(CCCO)c1-c1ccc(Br)o1. The molecule has 0 spiro atoms. The Morgan fingerprint density at radius 1 is 1.47 bits per heavy atom. The van der Waals surface area contributed by atoms with E-state index < -0.39 is 0 Å². The van der Waals surface area contributed by atoms with E-state index in [-0.39, 0.29) is 6.61 Å². The van der Waals surface area contributed by atoms with E-state index in [1.807, 2.05) is 6.07 Å². The lowest BCUT2D eigenvalue weighted by molar-refractivity contribution is 0.276. The second-order valence-electron chi connectivity index (χ2n) is 3.49. The van der Waals surface area contributed by atoms with Gasteiger partial charge in [0.2, 0.25) is 0 Å². The first kappa shape index (κ1) is 12.3. The Balaban J connectivity index is 2.38. The average Bonchev–Trinajstić information content (AvgIpc) is 2.91. The number of furan rings is 1. The Labute approximate surface area is 107 Å². The number of hydrogen-bond donors (Lipinski definition) is 2. The number of halogens is 1. The quantitative estimate of drug-likeness (QED) is 0.864. The van der Waals surface area contributed by atoms with Crippen LogP contribution in [0.5, 0.6) is 0 Å². The van der Waals surface area contributed by atoms with Crippen molar-refractivity contribution in [2.24, 2.45) is 5.73 Å². The number of aliphatic hydroxyl groups excluding tert-OH is 1. The van der Waals surface area contributed by atoms with Crippen LogP contribution in [0, 0.1) is 0 Å². The first-order chi connectivity index (χ1) is 8.26. The molecule has 0 saturated carbocycles. The van der Waals surface area contributed by atoms with Crippen LogP contribution in [0.1, 0.15) is 12.1 Å². The van der Waals surface area contributed by atoms with Crippen molar-refractivity contribution in [3.8, 4) is 11.5 Å². The van der Waals surface area contributed by atoms with Crippen LogP contribution in [0.25, 0.3) is 11.5 Å². The second-order valence-corrected chi connectivity index (χ2v) is 4.27. The molecule has 17 heavy (non-hydrogen) atoms. The Morgan fingerprint density at radius 2 is 2.29 bits per heavy atom. The summed E-state index contributed by atoms with van der Waals surface area (Å²) in [6.07, 6.45) is 0.613. The van der Waals surface area contributed by atoms with Crippen LogP contribution in [0.3, 0.4) is 0 Å². The summed E-state index contributed by atoms with van der Waals surface area (Å²) in [6, 6.07) is 3.64. The van der Waals surface area contributed by atoms with Crippen molar-refractivity contribution in [2.75, 3.05) is 6.61 Å². The largest absolute Gasteiger partial charge is 0.448 e. The smallest absolute Gasteiger partial charge is 0.169 e. The van der Waals surface area contributed by atoms with E-state index in [0.717, 1.165) is 5.69 Å². The highest BCUT2D eigenvalue weighted by Gasteiger charge is 2.16. The number of nitrogens with zero attached hydrogens (tertiary/aromatic N) is 3. The summed E-state index contributed by atoms with van der Waals surface area (Å²) in [4.78, 5) is 0. The highest BCUT2D eigenvalue weighted by molar-refractivity contribution is 9.10. The van der Waals surface area contributed by atoms with Crippen molar-refractivity contribution in [1.82, 2.24) is 15.0 Å². The lowest BCUT2D eigenvalue weighted by Gasteiger charge is -2.03. The van der Waals surface area contributed by atoms with Gasteiger partial charge in [-0.15, -0.1) is 5.10 Å². The fourth-order valence-corrected chi connectivity index (χ4v) is 1.88. The molecule has 2 aromatic rings. The van der Waals surface area contributed by atoms with Crippen LogP contribution in [-0.2, 0) is 13.1 Å². The van der Waals surface area contributed by atoms with Gasteiger partial charge in [-0.05, 0) is 34.5 Å². The third-order valence-corrected chi connectivity index (χ3v) is 2.76. The van der Waals surface area contributed by atoms with Gasteiger partial charge >= 0.3 is 0 Å². The maximum Gasteiger partial charge on any atom is 0.169 e. The molecule has 6 nitrogen and oxygen atoms in total. The molecular formula is C10H13BrN4O2. The summed E-state index contributed by atoms with van der Waals surface area (Å²) in [5.74, 6) is 0.667. The minimum Gasteiger partial charge on any atom is -0.448 e. The summed E-state index contributed by atoms with van der Waals surface area (Å²) < 4.78 is 7.83. The third kappa shape index (κ3) is 2.56. The van der Waals surface area contributed by atoms with Crippen LogP contribution in [-0.4, -0.2) is 26.7 Å². The van der Waals surface area contributed by atoms with Crippen LogP contribution in [0.2, 0.25) is 0 Å². The molecule has 0 aliphatic heterocycles. The van der Waals surface area contributed by atoms with E-state index in [0.29, 0.717) is 35.6 Å². The Hall–Kier alpha value is -1.18. The minimum absolute atomic E-state index is 0.110. The number of aryl methyl sites for hydroxylation is 1. The second kappa shape index (κ2) is 5.44. The van der Waals surface area contributed by atoms with Crippen molar-refractivity contribution in [3.05, 3.63) is 22.5 Å². The molecule has 92 valence electrons. The Kier molecular flexibility index (Phi) is 3.93. The molecule has 0 aliphatic rings. The lowest BCUT2D eigenvalue weighted by atomic mass is 10.2. The van der Waals surface area contributed by atoms with Gasteiger partial charge in [0.1, 0.15) is 11.4 Å². The Morgan fingerprint density at radius 3 is 2.88 bits per heavy atom. The molecule has 0 unspecified atom stereocenters. The molecule has 0 saturated heterocycles. The van der Waals surface area contributed by atoms with Crippen molar-refractivity contribution in [1.29, 1.82) is 0 Å². The summed E-state index contributed by atoms with van der Waals surface area (Å²) in [6.45, 7) is 0.989. The molecule has 2 heterocycles. The van der Waals surface area contributed by atoms with Gasteiger partial charge in [0, 0.05) is 19.7 Å². The zero-order chi connectivity index (χ0) is 12.3.